The number of nitrogens with zero attached hydrogens (tertiary/aromatic N) is 2. The summed E-state index contributed by atoms with van der Waals surface area (Å²) in [5.74, 6) is 1.51. The van der Waals surface area contributed by atoms with E-state index in [1.807, 2.05) is 12.1 Å². The topological polar surface area (TPSA) is 51.4 Å². The molecule has 2 heterocycles. The second kappa shape index (κ2) is 4.60. The van der Waals surface area contributed by atoms with Gasteiger partial charge in [0.25, 0.3) is 0 Å². The molecule has 0 radical (unpaired) electrons. The van der Waals surface area contributed by atoms with Crippen molar-refractivity contribution in [1.29, 1.82) is 0 Å². The highest BCUT2D eigenvalue weighted by atomic mass is 16.5. The lowest BCUT2D eigenvalue weighted by Crippen LogP contribution is -2.29. The Labute approximate surface area is 96.4 Å². The monoisotopic (exact) mass is 221 g/mol. The number of hydrogen-bond acceptors (Lipinski definition) is 4. The van der Waals surface area contributed by atoms with E-state index >= 15 is 0 Å². The highest BCUT2D eigenvalue weighted by Crippen LogP contribution is 2.29. The van der Waals surface area contributed by atoms with Crippen LogP contribution < -0.4 is 15.4 Å². The van der Waals surface area contributed by atoms with E-state index in [0.717, 1.165) is 18.8 Å². The molecule has 4 nitrogen and oxygen atoms in total. The van der Waals surface area contributed by atoms with E-state index in [1.165, 1.54) is 12.8 Å². The number of nitrogen functional groups attached to an aromatic ring is 1. The SMILES string of the molecule is CCC1CCCN1c1ccc(N)c(OC)n1. The zero-order valence-corrected chi connectivity index (χ0v) is 9.94. The van der Waals surface area contributed by atoms with Crippen molar-refractivity contribution >= 4 is 11.5 Å². The third-order valence-corrected chi connectivity index (χ3v) is 3.21. The molecule has 4 heteroatoms. The van der Waals surface area contributed by atoms with Crippen LogP contribution in [0.15, 0.2) is 12.1 Å². The van der Waals surface area contributed by atoms with E-state index in [-0.39, 0.29) is 0 Å². The van der Waals surface area contributed by atoms with Gasteiger partial charge >= 0.3 is 0 Å². The molecule has 0 aliphatic carbocycles. The first kappa shape index (κ1) is 11.0. The zero-order chi connectivity index (χ0) is 11.5. The summed E-state index contributed by atoms with van der Waals surface area (Å²) in [6, 6.07) is 4.46. The van der Waals surface area contributed by atoms with Gasteiger partial charge in [0, 0.05) is 12.6 Å². The van der Waals surface area contributed by atoms with Gasteiger partial charge in [-0.25, -0.2) is 0 Å². The van der Waals surface area contributed by atoms with Crippen molar-refractivity contribution in [2.45, 2.75) is 32.2 Å². The predicted molar refractivity (Wildman–Crippen MR) is 65.9 cm³/mol. The third kappa shape index (κ3) is 1.92. The van der Waals surface area contributed by atoms with Crippen molar-refractivity contribution in [3.8, 4) is 5.88 Å². The average Bonchev–Trinajstić information content (AvgIpc) is 2.78. The number of ether oxygens (including phenoxy) is 1. The number of pyridine rings is 1. The molecular weight excluding hydrogens is 202 g/mol. The van der Waals surface area contributed by atoms with Gasteiger partial charge in [-0.1, -0.05) is 6.92 Å². The van der Waals surface area contributed by atoms with Crippen molar-refractivity contribution in [3.63, 3.8) is 0 Å². The Hall–Kier alpha value is -1.45. The van der Waals surface area contributed by atoms with E-state index < -0.39 is 0 Å². The first-order valence-electron chi connectivity index (χ1n) is 5.83. The van der Waals surface area contributed by atoms with E-state index in [1.54, 1.807) is 7.11 Å². The van der Waals surface area contributed by atoms with Crippen molar-refractivity contribution in [1.82, 2.24) is 4.98 Å². The highest BCUT2D eigenvalue weighted by Gasteiger charge is 2.24. The van der Waals surface area contributed by atoms with E-state index in [2.05, 4.69) is 16.8 Å². The largest absolute Gasteiger partial charge is 0.479 e. The summed E-state index contributed by atoms with van der Waals surface area (Å²) in [6.07, 6.45) is 3.66. The minimum absolute atomic E-state index is 0.527. The van der Waals surface area contributed by atoms with Gasteiger partial charge < -0.3 is 15.4 Å². The number of hydrogen-bond donors (Lipinski definition) is 1. The van der Waals surface area contributed by atoms with Crippen LogP contribution in [0.1, 0.15) is 26.2 Å². The Balaban J connectivity index is 2.26. The van der Waals surface area contributed by atoms with Crippen molar-refractivity contribution < 1.29 is 4.74 Å². The number of rotatable bonds is 3. The molecular formula is C12H19N3O. The van der Waals surface area contributed by atoms with Crippen LogP contribution in [-0.4, -0.2) is 24.7 Å². The Kier molecular flexibility index (Phi) is 3.17. The maximum absolute atomic E-state index is 5.76. The van der Waals surface area contributed by atoms with Gasteiger partial charge in [-0.15, -0.1) is 0 Å². The molecule has 1 atom stereocenters. The van der Waals surface area contributed by atoms with Gasteiger partial charge in [0.05, 0.1) is 12.8 Å². The molecule has 0 aromatic carbocycles. The summed E-state index contributed by atoms with van der Waals surface area (Å²) < 4.78 is 5.15. The lowest BCUT2D eigenvalue weighted by molar-refractivity contribution is 0.400. The fourth-order valence-electron chi connectivity index (χ4n) is 2.33. The van der Waals surface area contributed by atoms with Gasteiger partial charge in [0.2, 0.25) is 5.88 Å². The lowest BCUT2D eigenvalue weighted by Gasteiger charge is -2.25. The summed E-state index contributed by atoms with van der Waals surface area (Å²) in [6.45, 7) is 3.30. The molecule has 1 aliphatic rings. The fourth-order valence-corrected chi connectivity index (χ4v) is 2.33. The molecule has 0 spiro atoms. The first-order valence-corrected chi connectivity index (χ1v) is 5.83. The van der Waals surface area contributed by atoms with Crippen LogP contribution in [0.2, 0.25) is 0 Å². The van der Waals surface area contributed by atoms with Crippen LogP contribution in [-0.2, 0) is 0 Å². The number of methoxy groups -OCH3 is 1. The van der Waals surface area contributed by atoms with E-state index in [4.69, 9.17) is 10.5 Å². The molecule has 0 bridgehead atoms. The summed E-state index contributed by atoms with van der Waals surface area (Å²) in [5, 5.41) is 0. The molecule has 1 fully saturated rings. The van der Waals surface area contributed by atoms with Crippen LogP contribution in [0.4, 0.5) is 11.5 Å². The summed E-state index contributed by atoms with van der Waals surface area (Å²) in [5.41, 5.74) is 6.36. The molecule has 1 aromatic heterocycles. The molecule has 2 N–H and O–H groups in total. The minimum Gasteiger partial charge on any atom is -0.479 e. The molecule has 88 valence electrons. The lowest BCUT2D eigenvalue weighted by atomic mass is 10.2. The zero-order valence-electron chi connectivity index (χ0n) is 9.94. The number of aromatic nitrogens is 1. The molecule has 1 aromatic rings. The minimum atomic E-state index is 0.527. The van der Waals surface area contributed by atoms with Crippen LogP contribution in [0.3, 0.4) is 0 Å². The smallest absolute Gasteiger partial charge is 0.238 e. The average molecular weight is 221 g/mol. The maximum Gasteiger partial charge on any atom is 0.238 e. The molecule has 1 unspecified atom stereocenters. The van der Waals surface area contributed by atoms with Gasteiger partial charge in [0.1, 0.15) is 5.82 Å². The Morgan fingerprint density at radius 1 is 1.56 bits per heavy atom. The molecule has 1 saturated heterocycles. The molecule has 1 aliphatic heterocycles. The second-order valence-electron chi connectivity index (χ2n) is 4.17. The van der Waals surface area contributed by atoms with Crippen LogP contribution in [0.5, 0.6) is 5.88 Å². The number of nitrogens with two attached hydrogens (primary N) is 1. The van der Waals surface area contributed by atoms with Gasteiger partial charge in [-0.05, 0) is 31.4 Å². The summed E-state index contributed by atoms with van der Waals surface area (Å²) >= 11 is 0. The van der Waals surface area contributed by atoms with Crippen LogP contribution >= 0.6 is 0 Å². The summed E-state index contributed by atoms with van der Waals surface area (Å²) in [7, 11) is 1.60. The maximum atomic E-state index is 5.76. The fraction of sp³-hybridized carbons (Fsp3) is 0.583. The molecule has 2 rings (SSSR count). The van der Waals surface area contributed by atoms with Crippen LogP contribution in [0.25, 0.3) is 0 Å². The van der Waals surface area contributed by atoms with Crippen molar-refractivity contribution in [2.75, 3.05) is 24.3 Å². The standard InChI is InChI=1S/C12H19N3O/c1-3-9-5-4-8-15(9)11-7-6-10(13)12(14-11)16-2/h6-7,9H,3-5,8,13H2,1-2H3. The molecule has 0 saturated carbocycles. The normalized spacial score (nSPS) is 20.1. The molecule has 0 amide bonds. The number of anilines is 2. The van der Waals surface area contributed by atoms with Gasteiger partial charge in [-0.2, -0.15) is 4.98 Å². The van der Waals surface area contributed by atoms with Gasteiger partial charge in [-0.3, -0.25) is 0 Å². The van der Waals surface area contributed by atoms with Crippen LogP contribution in [0, 0.1) is 0 Å². The van der Waals surface area contributed by atoms with E-state index in [0.29, 0.717) is 17.6 Å². The first-order chi connectivity index (χ1) is 7.76. The summed E-state index contributed by atoms with van der Waals surface area (Å²) in [4.78, 5) is 6.80. The quantitative estimate of drug-likeness (QED) is 0.848. The van der Waals surface area contributed by atoms with Crippen molar-refractivity contribution in [2.24, 2.45) is 0 Å². The van der Waals surface area contributed by atoms with E-state index in [9.17, 15) is 0 Å². The predicted octanol–water partition coefficient (Wildman–Crippen LogP) is 2.05. The Morgan fingerprint density at radius 2 is 2.38 bits per heavy atom. The molecule has 16 heavy (non-hydrogen) atoms. The highest BCUT2D eigenvalue weighted by molar-refractivity contribution is 5.55. The second-order valence-corrected chi connectivity index (χ2v) is 4.17. The Morgan fingerprint density at radius 3 is 3.06 bits per heavy atom. The Bertz CT molecular complexity index is 367. The third-order valence-electron chi connectivity index (χ3n) is 3.21. The van der Waals surface area contributed by atoms with Gasteiger partial charge in [0.15, 0.2) is 0 Å². The van der Waals surface area contributed by atoms with Crippen molar-refractivity contribution in [3.05, 3.63) is 12.1 Å².